The van der Waals surface area contributed by atoms with Crippen molar-refractivity contribution in [2.75, 3.05) is 13.7 Å². The lowest BCUT2D eigenvalue weighted by atomic mass is 9.91. The molecular formula is C12H19NO2. The van der Waals surface area contributed by atoms with Gasteiger partial charge in [0, 0.05) is 13.5 Å². The molecular weight excluding hydrogens is 190 g/mol. The van der Waals surface area contributed by atoms with Crippen LogP contribution in [0.4, 0.5) is 0 Å². The van der Waals surface area contributed by atoms with Crippen molar-refractivity contribution in [3.63, 3.8) is 0 Å². The van der Waals surface area contributed by atoms with Crippen LogP contribution in [0.1, 0.15) is 26.2 Å². The summed E-state index contributed by atoms with van der Waals surface area (Å²) in [5.74, 6) is 0.181. The van der Waals surface area contributed by atoms with E-state index in [4.69, 9.17) is 10.5 Å². The largest absolute Gasteiger partial charge is 0.377 e. The molecule has 0 aromatic carbocycles. The molecule has 0 saturated heterocycles. The molecule has 1 rings (SSSR count). The van der Waals surface area contributed by atoms with Gasteiger partial charge in [-0.15, -0.1) is 0 Å². The molecule has 1 aliphatic carbocycles. The molecule has 0 heterocycles. The SMILES string of the molecule is COC1C=C(CC(C)=O)C(CCN)=CC1. The highest BCUT2D eigenvalue weighted by Gasteiger charge is 2.15. The maximum atomic E-state index is 11.1. The van der Waals surface area contributed by atoms with E-state index in [-0.39, 0.29) is 11.9 Å². The first-order chi connectivity index (χ1) is 7.17. The Balaban J connectivity index is 2.75. The van der Waals surface area contributed by atoms with Crippen LogP contribution in [0.25, 0.3) is 0 Å². The Bertz CT molecular complexity index is 292. The minimum atomic E-state index is 0.112. The van der Waals surface area contributed by atoms with Crippen LogP contribution in [-0.2, 0) is 9.53 Å². The van der Waals surface area contributed by atoms with Gasteiger partial charge in [0.1, 0.15) is 5.78 Å². The minimum Gasteiger partial charge on any atom is -0.377 e. The zero-order valence-electron chi connectivity index (χ0n) is 9.45. The van der Waals surface area contributed by atoms with Gasteiger partial charge < -0.3 is 10.5 Å². The average Bonchev–Trinajstić information content (AvgIpc) is 2.20. The van der Waals surface area contributed by atoms with E-state index in [1.54, 1.807) is 14.0 Å². The lowest BCUT2D eigenvalue weighted by Crippen LogP contribution is -2.15. The molecule has 3 heteroatoms. The fourth-order valence-electron chi connectivity index (χ4n) is 1.81. The Kier molecular flexibility index (Phi) is 4.72. The predicted molar refractivity (Wildman–Crippen MR) is 60.5 cm³/mol. The fourth-order valence-corrected chi connectivity index (χ4v) is 1.81. The molecule has 1 aliphatic rings. The summed E-state index contributed by atoms with van der Waals surface area (Å²) in [6.45, 7) is 2.23. The van der Waals surface area contributed by atoms with E-state index in [1.165, 1.54) is 5.57 Å². The molecule has 0 aliphatic heterocycles. The number of ketones is 1. The van der Waals surface area contributed by atoms with Gasteiger partial charge in [-0.2, -0.15) is 0 Å². The van der Waals surface area contributed by atoms with Crippen LogP contribution in [0.2, 0.25) is 0 Å². The van der Waals surface area contributed by atoms with E-state index < -0.39 is 0 Å². The number of Topliss-reactive ketones (excluding diaryl/α,β-unsaturated/α-hetero) is 1. The second-order valence-electron chi connectivity index (χ2n) is 3.85. The van der Waals surface area contributed by atoms with Gasteiger partial charge >= 0.3 is 0 Å². The molecule has 2 N–H and O–H groups in total. The summed E-state index contributed by atoms with van der Waals surface area (Å²) in [7, 11) is 1.69. The number of rotatable bonds is 5. The molecule has 0 fully saturated rings. The van der Waals surface area contributed by atoms with Crippen molar-refractivity contribution in [1.29, 1.82) is 0 Å². The normalized spacial score (nSPS) is 20.9. The van der Waals surface area contributed by atoms with Crippen molar-refractivity contribution in [3.05, 3.63) is 23.3 Å². The van der Waals surface area contributed by atoms with Gasteiger partial charge in [-0.1, -0.05) is 12.2 Å². The molecule has 1 unspecified atom stereocenters. The third-order valence-corrected chi connectivity index (χ3v) is 2.55. The summed E-state index contributed by atoms with van der Waals surface area (Å²) < 4.78 is 5.27. The third-order valence-electron chi connectivity index (χ3n) is 2.55. The number of hydrogen-bond acceptors (Lipinski definition) is 3. The zero-order chi connectivity index (χ0) is 11.3. The Labute approximate surface area is 91.0 Å². The van der Waals surface area contributed by atoms with Gasteiger partial charge in [0.2, 0.25) is 0 Å². The Morgan fingerprint density at radius 1 is 1.60 bits per heavy atom. The van der Waals surface area contributed by atoms with E-state index in [2.05, 4.69) is 6.08 Å². The summed E-state index contributed by atoms with van der Waals surface area (Å²) in [6.07, 6.45) is 6.51. The highest BCUT2D eigenvalue weighted by molar-refractivity contribution is 5.79. The van der Waals surface area contributed by atoms with Crippen LogP contribution in [0.5, 0.6) is 0 Å². The Hall–Kier alpha value is -0.930. The summed E-state index contributed by atoms with van der Waals surface area (Å²) in [4.78, 5) is 11.1. The summed E-state index contributed by atoms with van der Waals surface area (Å²) in [5, 5.41) is 0. The summed E-state index contributed by atoms with van der Waals surface area (Å²) in [5.41, 5.74) is 7.83. The molecule has 0 spiro atoms. The topological polar surface area (TPSA) is 52.3 Å². The number of ether oxygens (including phenoxy) is 1. The molecule has 1 atom stereocenters. The van der Waals surface area contributed by atoms with Crippen LogP contribution < -0.4 is 5.73 Å². The third kappa shape index (κ3) is 3.61. The van der Waals surface area contributed by atoms with E-state index in [1.807, 2.05) is 6.08 Å². The first kappa shape index (κ1) is 12.1. The lowest BCUT2D eigenvalue weighted by Gasteiger charge is -2.20. The first-order valence-electron chi connectivity index (χ1n) is 5.29. The number of nitrogens with two attached hydrogens (primary N) is 1. The maximum Gasteiger partial charge on any atom is 0.134 e. The van der Waals surface area contributed by atoms with E-state index in [0.717, 1.165) is 18.4 Å². The zero-order valence-corrected chi connectivity index (χ0v) is 9.45. The molecule has 15 heavy (non-hydrogen) atoms. The molecule has 84 valence electrons. The smallest absolute Gasteiger partial charge is 0.134 e. The van der Waals surface area contributed by atoms with Crippen LogP contribution in [-0.4, -0.2) is 25.5 Å². The standard InChI is InChI=1S/C12H19NO2/c1-9(14)7-11-8-12(15-2)4-3-10(11)5-6-13/h3,8,12H,4-7,13H2,1-2H3. The highest BCUT2D eigenvalue weighted by Crippen LogP contribution is 2.25. The van der Waals surface area contributed by atoms with Crippen LogP contribution >= 0.6 is 0 Å². The highest BCUT2D eigenvalue weighted by atomic mass is 16.5. The molecule has 0 amide bonds. The maximum absolute atomic E-state index is 11.1. The number of methoxy groups -OCH3 is 1. The average molecular weight is 209 g/mol. The van der Waals surface area contributed by atoms with Gasteiger partial charge in [-0.3, -0.25) is 4.79 Å². The molecule has 0 bridgehead atoms. The Morgan fingerprint density at radius 3 is 2.87 bits per heavy atom. The molecule has 0 radical (unpaired) electrons. The van der Waals surface area contributed by atoms with Gasteiger partial charge in [0.25, 0.3) is 0 Å². The van der Waals surface area contributed by atoms with Crippen molar-refractivity contribution >= 4 is 5.78 Å². The van der Waals surface area contributed by atoms with E-state index >= 15 is 0 Å². The van der Waals surface area contributed by atoms with E-state index in [0.29, 0.717) is 13.0 Å². The predicted octanol–water partition coefficient (Wildman–Crippen LogP) is 1.59. The van der Waals surface area contributed by atoms with Crippen molar-refractivity contribution in [1.82, 2.24) is 0 Å². The Morgan fingerprint density at radius 2 is 2.33 bits per heavy atom. The van der Waals surface area contributed by atoms with Gasteiger partial charge in [0.05, 0.1) is 6.10 Å². The first-order valence-corrected chi connectivity index (χ1v) is 5.29. The van der Waals surface area contributed by atoms with Crippen molar-refractivity contribution < 1.29 is 9.53 Å². The summed E-state index contributed by atoms with van der Waals surface area (Å²) in [6, 6.07) is 0. The van der Waals surface area contributed by atoms with Crippen molar-refractivity contribution in [3.8, 4) is 0 Å². The van der Waals surface area contributed by atoms with Crippen LogP contribution in [0, 0.1) is 0 Å². The van der Waals surface area contributed by atoms with Gasteiger partial charge in [0.15, 0.2) is 0 Å². The van der Waals surface area contributed by atoms with Gasteiger partial charge in [-0.25, -0.2) is 0 Å². The van der Waals surface area contributed by atoms with Crippen LogP contribution in [0.15, 0.2) is 23.3 Å². The number of hydrogen-bond donors (Lipinski definition) is 1. The second kappa shape index (κ2) is 5.83. The monoisotopic (exact) mass is 209 g/mol. The fraction of sp³-hybridized carbons (Fsp3) is 0.583. The quantitative estimate of drug-likeness (QED) is 0.748. The molecule has 0 aromatic heterocycles. The van der Waals surface area contributed by atoms with E-state index in [9.17, 15) is 4.79 Å². The molecule has 0 saturated carbocycles. The van der Waals surface area contributed by atoms with Crippen molar-refractivity contribution in [2.45, 2.75) is 32.3 Å². The molecule has 0 aromatic rings. The van der Waals surface area contributed by atoms with Crippen LogP contribution in [0.3, 0.4) is 0 Å². The van der Waals surface area contributed by atoms with Crippen molar-refractivity contribution in [2.24, 2.45) is 5.73 Å². The number of allylic oxidation sites excluding steroid dienone is 1. The number of carbonyl (C=O) groups is 1. The molecule has 3 nitrogen and oxygen atoms in total. The summed E-state index contributed by atoms with van der Waals surface area (Å²) >= 11 is 0. The van der Waals surface area contributed by atoms with Gasteiger partial charge in [-0.05, 0) is 37.5 Å². The minimum absolute atomic E-state index is 0.112. The lowest BCUT2D eigenvalue weighted by molar-refractivity contribution is -0.116. The number of carbonyl (C=O) groups excluding carboxylic acids is 1. The second-order valence-corrected chi connectivity index (χ2v) is 3.85.